The van der Waals surface area contributed by atoms with E-state index in [9.17, 15) is 4.79 Å². The van der Waals surface area contributed by atoms with Gasteiger partial charge in [-0.15, -0.1) is 5.10 Å². The van der Waals surface area contributed by atoms with Crippen LogP contribution in [0.1, 0.15) is 17.3 Å². The molecule has 10 heteroatoms. The van der Waals surface area contributed by atoms with E-state index in [1.165, 1.54) is 33.1 Å². The number of carbonyl (C=O) groups is 1. The number of nitrogens with one attached hydrogen (secondary N) is 1. The van der Waals surface area contributed by atoms with Crippen molar-refractivity contribution in [1.29, 1.82) is 0 Å². The highest BCUT2D eigenvalue weighted by atomic mass is 79.9. The molecule has 30 heavy (non-hydrogen) atoms. The van der Waals surface area contributed by atoms with E-state index in [0.29, 0.717) is 39.8 Å². The van der Waals surface area contributed by atoms with E-state index in [-0.39, 0.29) is 5.91 Å². The topological polar surface area (TPSA) is 87.5 Å². The van der Waals surface area contributed by atoms with Gasteiger partial charge in [-0.1, -0.05) is 12.1 Å². The summed E-state index contributed by atoms with van der Waals surface area (Å²) in [7, 11) is 4.53. The van der Waals surface area contributed by atoms with Crippen molar-refractivity contribution in [2.75, 3.05) is 26.6 Å². The van der Waals surface area contributed by atoms with E-state index in [0.717, 1.165) is 10.1 Å². The number of carbonyl (C=O) groups excluding carboxylic acids is 1. The third-order valence-corrected chi connectivity index (χ3v) is 5.57. The fourth-order valence-corrected chi connectivity index (χ4v) is 4.20. The fourth-order valence-electron chi connectivity index (χ4n) is 2.75. The van der Waals surface area contributed by atoms with Crippen LogP contribution in [-0.4, -0.2) is 42.0 Å². The number of nitrogens with zero attached hydrogens (tertiary/aromatic N) is 3. The molecule has 0 aliphatic rings. The van der Waals surface area contributed by atoms with Gasteiger partial charge in [-0.25, -0.2) is 4.68 Å². The summed E-state index contributed by atoms with van der Waals surface area (Å²) in [5, 5.41) is 7.96. The number of methoxy groups -OCH3 is 3. The first kappa shape index (κ1) is 22.0. The van der Waals surface area contributed by atoms with Gasteiger partial charge in [0.2, 0.25) is 10.5 Å². The Kier molecular flexibility index (Phi) is 7.22. The molecule has 1 N–H and O–H groups in total. The standard InChI is InChI=1S/C20H21BrN4O4S/c1-5-25-20(23-19(21)24-25)30-16-9-7-6-8-13(16)22-18(26)12-10-14(27-2)17(29-4)15(11-12)28-3/h6-11H,5H2,1-4H3,(H,22,26). The highest BCUT2D eigenvalue weighted by Gasteiger charge is 2.18. The Morgan fingerprint density at radius 3 is 2.40 bits per heavy atom. The zero-order chi connectivity index (χ0) is 21.7. The highest BCUT2D eigenvalue weighted by Crippen LogP contribution is 2.39. The maximum absolute atomic E-state index is 13.0. The summed E-state index contributed by atoms with van der Waals surface area (Å²) >= 11 is 4.73. The highest BCUT2D eigenvalue weighted by molar-refractivity contribution is 9.10. The van der Waals surface area contributed by atoms with Crippen LogP contribution in [0.4, 0.5) is 5.69 Å². The monoisotopic (exact) mass is 492 g/mol. The first-order chi connectivity index (χ1) is 14.5. The van der Waals surface area contributed by atoms with Crippen LogP contribution in [-0.2, 0) is 6.54 Å². The molecule has 0 spiro atoms. The van der Waals surface area contributed by atoms with E-state index in [2.05, 4.69) is 31.3 Å². The molecule has 1 heterocycles. The van der Waals surface area contributed by atoms with Gasteiger partial charge in [-0.2, -0.15) is 4.98 Å². The lowest BCUT2D eigenvalue weighted by molar-refractivity contribution is 0.102. The number of hydrogen-bond donors (Lipinski definition) is 1. The van der Waals surface area contributed by atoms with Crippen LogP contribution in [0.5, 0.6) is 17.2 Å². The van der Waals surface area contributed by atoms with Crippen molar-refractivity contribution in [3.63, 3.8) is 0 Å². The van der Waals surface area contributed by atoms with Crippen molar-refractivity contribution in [2.24, 2.45) is 0 Å². The van der Waals surface area contributed by atoms with Gasteiger partial charge in [0.1, 0.15) is 0 Å². The molecule has 0 fully saturated rings. The Bertz CT molecular complexity index is 1030. The molecule has 3 rings (SSSR count). The van der Waals surface area contributed by atoms with Gasteiger partial charge in [0.05, 0.1) is 27.0 Å². The summed E-state index contributed by atoms with van der Waals surface area (Å²) in [6.45, 7) is 2.67. The molecule has 0 radical (unpaired) electrons. The van der Waals surface area contributed by atoms with Gasteiger partial charge in [-0.3, -0.25) is 4.79 Å². The van der Waals surface area contributed by atoms with Crippen molar-refractivity contribution >= 4 is 39.3 Å². The molecular formula is C20H21BrN4O4S. The second-order valence-corrected chi connectivity index (χ2v) is 7.66. The van der Waals surface area contributed by atoms with E-state index >= 15 is 0 Å². The third kappa shape index (κ3) is 4.71. The molecular weight excluding hydrogens is 472 g/mol. The molecule has 0 saturated heterocycles. The average molecular weight is 493 g/mol. The number of amides is 1. The molecule has 0 bridgehead atoms. The van der Waals surface area contributed by atoms with E-state index < -0.39 is 0 Å². The Balaban J connectivity index is 1.89. The summed E-state index contributed by atoms with van der Waals surface area (Å²) in [5.74, 6) is 0.938. The van der Waals surface area contributed by atoms with E-state index in [1.807, 2.05) is 31.2 Å². The van der Waals surface area contributed by atoms with Crippen LogP contribution in [0.3, 0.4) is 0 Å². The minimum atomic E-state index is -0.305. The zero-order valence-corrected chi connectivity index (χ0v) is 19.3. The van der Waals surface area contributed by atoms with E-state index in [4.69, 9.17) is 14.2 Å². The minimum Gasteiger partial charge on any atom is -0.493 e. The van der Waals surface area contributed by atoms with Gasteiger partial charge < -0.3 is 19.5 Å². The predicted octanol–water partition coefficient (Wildman–Crippen LogP) is 4.49. The van der Waals surface area contributed by atoms with Crippen LogP contribution < -0.4 is 19.5 Å². The molecule has 0 aliphatic heterocycles. The molecule has 0 unspecified atom stereocenters. The molecule has 8 nitrogen and oxygen atoms in total. The van der Waals surface area contributed by atoms with Crippen molar-refractivity contribution in [3.05, 3.63) is 46.7 Å². The normalized spacial score (nSPS) is 10.6. The molecule has 2 aromatic carbocycles. The number of benzene rings is 2. The van der Waals surface area contributed by atoms with Gasteiger partial charge in [-0.05, 0) is 58.9 Å². The van der Waals surface area contributed by atoms with Gasteiger partial charge in [0, 0.05) is 17.0 Å². The molecule has 0 atom stereocenters. The first-order valence-electron chi connectivity index (χ1n) is 8.99. The first-order valence-corrected chi connectivity index (χ1v) is 10.6. The number of aryl methyl sites for hydroxylation is 1. The van der Waals surface area contributed by atoms with Crippen molar-refractivity contribution < 1.29 is 19.0 Å². The van der Waals surface area contributed by atoms with Crippen molar-refractivity contribution in [2.45, 2.75) is 23.5 Å². The van der Waals surface area contributed by atoms with Gasteiger partial charge in [0.15, 0.2) is 16.7 Å². The zero-order valence-electron chi connectivity index (χ0n) is 16.9. The summed E-state index contributed by atoms with van der Waals surface area (Å²) < 4.78 is 18.3. The molecule has 1 amide bonds. The maximum atomic E-state index is 13.0. The van der Waals surface area contributed by atoms with Crippen LogP contribution >= 0.6 is 27.7 Å². The number of anilines is 1. The summed E-state index contributed by atoms with van der Waals surface area (Å²) in [6.07, 6.45) is 0. The summed E-state index contributed by atoms with van der Waals surface area (Å²) in [6, 6.07) is 10.7. The lowest BCUT2D eigenvalue weighted by atomic mass is 10.1. The molecule has 1 aromatic heterocycles. The quantitative estimate of drug-likeness (QED) is 0.495. The molecule has 0 aliphatic carbocycles. The number of hydrogen-bond acceptors (Lipinski definition) is 7. The fraction of sp³-hybridized carbons (Fsp3) is 0.250. The van der Waals surface area contributed by atoms with Crippen LogP contribution in [0.15, 0.2) is 51.2 Å². The Hall–Kier alpha value is -2.72. The lowest BCUT2D eigenvalue weighted by Crippen LogP contribution is -2.13. The Labute approximate surface area is 187 Å². The second-order valence-electron chi connectivity index (χ2n) is 5.95. The van der Waals surface area contributed by atoms with Crippen molar-refractivity contribution in [3.8, 4) is 17.2 Å². The van der Waals surface area contributed by atoms with Crippen LogP contribution in [0.25, 0.3) is 0 Å². The Morgan fingerprint density at radius 2 is 1.80 bits per heavy atom. The minimum absolute atomic E-state index is 0.305. The molecule has 158 valence electrons. The number of ether oxygens (including phenoxy) is 3. The van der Waals surface area contributed by atoms with Crippen LogP contribution in [0.2, 0.25) is 0 Å². The number of rotatable bonds is 8. The SMILES string of the molecule is CCn1nc(Br)nc1Sc1ccccc1NC(=O)c1cc(OC)c(OC)c(OC)c1. The summed E-state index contributed by atoms with van der Waals surface area (Å²) in [4.78, 5) is 18.2. The smallest absolute Gasteiger partial charge is 0.255 e. The van der Waals surface area contributed by atoms with Crippen molar-refractivity contribution in [1.82, 2.24) is 14.8 Å². The largest absolute Gasteiger partial charge is 0.493 e. The molecule has 3 aromatic rings. The van der Waals surface area contributed by atoms with Gasteiger partial charge in [0.25, 0.3) is 5.91 Å². The third-order valence-electron chi connectivity index (χ3n) is 4.17. The lowest BCUT2D eigenvalue weighted by Gasteiger charge is -2.15. The number of halogens is 1. The second kappa shape index (κ2) is 9.86. The van der Waals surface area contributed by atoms with Crippen LogP contribution in [0, 0.1) is 0 Å². The number of aromatic nitrogens is 3. The number of para-hydroxylation sites is 1. The predicted molar refractivity (Wildman–Crippen MR) is 118 cm³/mol. The van der Waals surface area contributed by atoms with Gasteiger partial charge >= 0.3 is 0 Å². The summed E-state index contributed by atoms with van der Waals surface area (Å²) in [5.41, 5.74) is 1.03. The molecule has 0 saturated carbocycles. The average Bonchev–Trinajstić information content (AvgIpc) is 3.12. The van der Waals surface area contributed by atoms with E-state index in [1.54, 1.807) is 16.8 Å². The maximum Gasteiger partial charge on any atom is 0.255 e. The Morgan fingerprint density at radius 1 is 1.13 bits per heavy atom.